The van der Waals surface area contributed by atoms with Crippen molar-refractivity contribution in [1.82, 2.24) is 20.1 Å². The summed E-state index contributed by atoms with van der Waals surface area (Å²) in [5.74, 6) is 0.879. The number of nitrogens with one attached hydrogen (secondary N) is 1. The Bertz CT molecular complexity index is 529. The molecule has 2 N–H and O–H groups in total. The molecular weight excluding hydrogens is 308 g/mol. The van der Waals surface area contributed by atoms with Gasteiger partial charge in [-0.1, -0.05) is 28.1 Å². The Morgan fingerprint density at radius 3 is 3.05 bits per heavy atom. The van der Waals surface area contributed by atoms with Crippen LogP contribution in [0.25, 0.3) is 0 Å². The molecule has 0 bridgehead atoms. The Morgan fingerprint density at radius 1 is 1.47 bits per heavy atom. The predicted octanol–water partition coefficient (Wildman–Crippen LogP) is 1.88. The van der Waals surface area contributed by atoms with E-state index in [0.717, 1.165) is 22.4 Å². The maximum Gasteiger partial charge on any atom is 0.146 e. The molecule has 0 aliphatic heterocycles. The summed E-state index contributed by atoms with van der Waals surface area (Å²) in [7, 11) is 0. The van der Waals surface area contributed by atoms with E-state index in [0.29, 0.717) is 13.1 Å². The topological polar surface area (TPSA) is 63.0 Å². The molecule has 1 aromatic heterocycles. The Morgan fingerprint density at radius 2 is 2.32 bits per heavy atom. The Hall–Kier alpha value is -1.24. The molecule has 102 valence electrons. The first-order valence-electron chi connectivity index (χ1n) is 6.21. The second kappa shape index (κ2) is 6.79. The van der Waals surface area contributed by atoms with Gasteiger partial charge in [-0.25, -0.2) is 0 Å². The van der Waals surface area contributed by atoms with Crippen molar-refractivity contribution in [2.45, 2.75) is 26.1 Å². The number of aryl methyl sites for hydroxylation is 1. The highest BCUT2D eigenvalue weighted by molar-refractivity contribution is 9.10. The van der Waals surface area contributed by atoms with Crippen LogP contribution in [0.4, 0.5) is 0 Å². The van der Waals surface area contributed by atoms with Crippen molar-refractivity contribution in [3.8, 4) is 0 Å². The number of nitrogens with zero attached hydrogens (tertiary/aromatic N) is 3. The molecule has 1 aromatic carbocycles. The number of hydrogen-bond donors (Lipinski definition) is 2. The lowest BCUT2D eigenvalue weighted by molar-refractivity contribution is 0.174. The van der Waals surface area contributed by atoms with Crippen LogP contribution in [0.2, 0.25) is 0 Å². The molecule has 1 atom stereocenters. The van der Waals surface area contributed by atoms with E-state index in [2.05, 4.69) is 31.4 Å². The van der Waals surface area contributed by atoms with Crippen molar-refractivity contribution in [2.75, 3.05) is 6.54 Å². The van der Waals surface area contributed by atoms with E-state index in [1.54, 1.807) is 6.33 Å². The van der Waals surface area contributed by atoms with Crippen molar-refractivity contribution >= 4 is 15.9 Å². The maximum atomic E-state index is 10.1. The summed E-state index contributed by atoms with van der Waals surface area (Å²) < 4.78 is 2.94. The highest BCUT2D eigenvalue weighted by Gasteiger charge is 2.08. The second-order valence-corrected chi connectivity index (χ2v) is 5.15. The first-order chi connectivity index (χ1) is 9.20. The molecule has 1 unspecified atom stereocenters. The third-order valence-electron chi connectivity index (χ3n) is 2.89. The van der Waals surface area contributed by atoms with Crippen LogP contribution < -0.4 is 5.32 Å². The van der Waals surface area contributed by atoms with Gasteiger partial charge < -0.3 is 15.0 Å². The van der Waals surface area contributed by atoms with E-state index < -0.39 is 6.10 Å². The lowest BCUT2D eigenvalue weighted by Crippen LogP contribution is -2.23. The SMILES string of the molecule is CCn1cnnc1CNCC(O)c1cccc(Br)c1. The number of aliphatic hydroxyl groups excluding tert-OH is 1. The first kappa shape index (κ1) is 14.2. The van der Waals surface area contributed by atoms with Crippen LogP contribution in [0.5, 0.6) is 0 Å². The fourth-order valence-electron chi connectivity index (χ4n) is 1.83. The molecule has 0 radical (unpaired) electrons. The third kappa shape index (κ3) is 3.86. The molecular formula is C13H17BrN4O. The predicted molar refractivity (Wildman–Crippen MR) is 76.5 cm³/mol. The second-order valence-electron chi connectivity index (χ2n) is 4.23. The van der Waals surface area contributed by atoms with Gasteiger partial charge in [-0.3, -0.25) is 0 Å². The Balaban J connectivity index is 1.86. The highest BCUT2D eigenvalue weighted by Crippen LogP contribution is 2.17. The standard InChI is InChI=1S/C13H17BrN4O/c1-2-18-9-16-17-13(18)8-15-7-12(19)10-4-3-5-11(14)6-10/h3-6,9,12,15,19H,2,7-8H2,1H3. The van der Waals surface area contributed by atoms with E-state index in [1.165, 1.54) is 0 Å². The van der Waals surface area contributed by atoms with Gasteiger partial charge in [-0.05, 0) is 24.6 Å². The third-order valence-corrected chi connectivity index (χ3v) is 3.38. The molecule has 0 saturated heterocycles. The number of benzene rings is 1. The van der Waals surface area contributed by atoms with Crippen LogP contribution in [0.15, 0.2) is 35.1 Å². The van der Waals surface area contributed by atoms with E-state index >= 15 is 0 Å². The van der Waals surface area contributed by atoms with E-state index in [4.69, 9.17) is 0 Å². The van der Waals surface area contributed by atoms with Crippen LogP contribution in [-0.2, 0) is 13.1 Å². The monoisotopic (exact) mass is 324 g/mol. The van der Waals surface area contributed by atoms with Gasteiger partial charge in [0.05, 0.1) is 12.6 Å². The number of aliphatic hydroxyl groups is 1. The summed E-state index contributed by atoms with van der Waals surface area (Å²) in [4.78, 5) is 0. The van der Waals surface area contributed by atoms with Crippen LogP contribution in [0.1, 0.15) is 24.4 Å². The smallest absolute Gasteiger partial charge is 0.146 e. The first-order valence-corrected chi connectivity index (χ1v) is 7.01. The molecule has 0 saturated carbocycles. The van der Waals surface area contributed by atoms with E-state index in [1.807, 2.05) is 35.8 Å². The molecule has 6 heteroatoms. The summed E-state index contributed by atoms with van der Waals surface area (Å²) >= 11 is 3.40. The molecule has 0 aliphatic carbocycles. The highest BCUT2D eigenvalue weighted by atomic mass is 79.9. The van der Waals surface area contributed by atoms with Crippen LogP contribution >= 0.6 is 15.9 Å². The van der Waals surface area contributed by atoms with Gasteiger partial charge in [-0.2, -0.15) is 0 Å². The quantitative estimate of drug-likeness (QED) is 0.851. The number of halogens is 1. The van der Waals surface area contributed by atoms with Crippen molar-refractivity contribution in [2.24, 2.45) is 0 Å². The summed E-state index contributed by atoms with van der Waals surface area (Å²) in [6, 6.07) is 7.68. The number of aromatic nitrogens is 3. The molecule has 0 spiro atoms. The van der Waals surface area contributed by atoms with Gasteiger partial charge in [0.1, 0.15) is 12.2 Å². The molecule has 5 nitrogen and oxygen atoms in total. The van der Waals surface area contributed by atoms with E-state index in [-0.39, 0.29) is 0 Å². The van der Waals surface area contributed by atoms with Crippen molar-refractivity contribution in [3.63, 3.8) is 0 Å². The molecule has 0 amide bonds. The molecule has 2 rings (SSSR count). The van der Waals surface area contributed by atoms with Crippen LogP contribution in [0.3, 0.4) is 0 Å². The fourth-order valence-corrected chi connectivity index (χ4v) is 2.25. The van der Waals surface area contributed by atoms with Crippen molar-refractivity contribution in [1.29, 1.82) is 0 Å². The molecule has 1 heterocycles. The zero-order valence-corrected chi connectivity index (χ0v) is 12.3. The maximum absolute atomic E-state index is 10.1. The van der Waals surface area contributed by atoms with Gasteiger partial charge in [0, 0.05) is 17.6 Å². The minimum Gasteiger partial charge on any atom is -0.387 e. The molecule has 0 aliphatic rings. The Kier molecular flexibility index (Phi) is 5.07. The molecule has 2 aromatic rings. The van der Waals surface area contributed by atoms with Crippen molar-refractivity contribution < 1.29 is 5.11 Å². The molecule has 0 fully saturated rings. The summed E-state index contributed by atoms with van der Waals surface area (Å²) in [5, 5.41) is 21.2. The minimum absolute atomic E-state index is 0.479. The molecule has 19 heavy (non-hydrogen) atoms. The Labute approximate surface area is 120 Å². The van der Waals surface area contributed by atoms with Crippen molar-refractivity contribution in [3.05, 3.63) is 46.5 Å². The fraction of sp³-hybridized carbons (Fsp3) is 0.385. The average Bonchev–Trinajstić information content (AvgIpc) is 2.86. The zero-order valence-electron chi connectivity index (χ0n) is 10.8. The summed E-state index contributed by atoms with van der Waals surface area (Å²) in [6.07, 6.45) is 1.18. The normalized spacial score (nSPS) is 12.6. The summed E-state index contributed by atoms with van der Waals surface area (Å²) in [6.45, 7) is 3.97. The average molecular weight is 325 g/mol. The van der Waals surface area contributed by atoms with Gasteiger partial charge >= 0.3 is 0 Å². The lowest BCUT2D eigenvalue weighted by Gasteiger charge is -2.12. The van der Waals surface area contributed by atoms with Gasteiger partial charge in [-0.15, -0.1) is 10.2 Å². The number of rotatable bonds is 6. The van der Waals surface area contributed by atoms with Crippen LogP contribution in [-0.4, -0.2) is 26.4 Å². The number of hydrogen-bond acceptors (Lipinski definition) is 4. The van der Waals surface area contributed by atoms with Crippen LogP contribution in [0, 0.1) is 0 Å². The minimum atomic E-state index is -0.532. The summed E-state index contributed by atoms with van der Waals surface area (Å²) in [5.41, 5.74) is 0.888. The van der Waals surface area contributed by atoms with Gasteiger partial charge in [0.15, 0.2) is 0 Å². The largest absolute Gasteiger partial charge is 0.387 e. The lowest BCUT2D eigenvalue weighted by atomic mass is 10.1. The van der Waals surface area contributed by atoms with Gasteiger partial charge in [0.2, 0.25) is 0 Å². The van der Waals surface area contributed by atoms with E-state index in [9.17, 15) is 5.11 Å². The van der Waals surface area contributed by atoms with Gasteiger partial charge in [0.25, 0.3) is 0 Å². The zero-order chi connectivity index (χ0) is 13.7.